The van der Waals surface area contributed by atoms with Crippen LogP contribution in [0.2, 0.25) is 0 Å². The van der Waals surface area contributed by atoms with Gasteiger partial charge in [0.05, 0.1) is 12.6 Å². The van der Waals surface area contributed by atoms with Crippen LogP contribution in [0.3, 0.4) is 0 Å². The topological polar surface area (TPSA) is 99.5 Å². The molecule has 3 N–H and O–H groups in total. The average Bonchev–Trinajstić information content (AvgIpc) is 3.00. The summed E-state index contributed by atoms with van der Waals surface area (Å²) in [5, 5.41) is 19.5. The lowest BCUT2D eigenvalue weighted by Gasteiger charge is -2.31. The van der Waals surface area contributed by atoms with Crippen LogP contribution in [0.4, 0.5) is 0 Å². The highest BCUT2D eigenvalue weighted by atomic mass is 16.3. The Bertz CT molecular complexity index is 637. The Hall–Kier alpha value is -1.93. The highest BCUT2D eigenvalue weighted by Crippen LogP contribution is 2.20. The van der Waals surface area contributed by atoms with Crippen LogP contribution in [0.5, 0.6) is 0 Å². The van der Waals surface area contributed by atoms with Gasteiger partial charge in [-0.3, -0.25) is 14.3 Å². The highest BCUT2D eigenvalue weighted by molar-refractivity contribution is 5.98. The van der Waals surface area contributed by atoms with Crippen molar-refractivity contribution in [3.8, 4) is 0 Å². The lowest BCUT2D eigenvalue weighted by Crippen LogP contribution is -2.35. The summed E-state index contributed by atoms with van der Waals surface area (Å²) in [6.07, 6.45) is 3.84. The number of nitrogens with zero attached hydrogens (tertiary/aromatic N) is 3. The normalized spacial score (nSPS) is 21.8. The highest BCUT2D eigenvalue weighted by Gasteiger charge is 2.24. The van der Waals surface area contributed by atoms with Crippen LogP contribution in [0.1, 0.15) is 53.6 Å². The van der Waals surface area contributed by atoms with Crippen LogP contribution < -0.4 is 10.6 Å². The van der Waals surface area contributed by atoms with Gasteiger partial charge in [-0.2, -0.15) is 5.10 Å². The summed E-state index contributed by atoms with van der Waals surface area (Å²) in [7, 11) is 0. The van der Waals surface area contributed by atoms with Gasteiger partial charge < -0.3 is 20.6 Å². The van der Waals surface area contributed by atoms with E-state index in [1.54, 1.807) is 0 Å². The Morgan fingerprint density at radius 3 is 2.92 bits per heavy atom. The standard InChI is InChI=1S/C18H29N5O3/c1-2-7-22-8-4-13(5-9-22)3-6-19-17(25)15-10-16-18(26)20-11-14(24)12-23(16)21-15/h10,13-14,24H,2-9,11-12H2,1H3,(H,19,25)(H,20,26)/t14-/m0/s1. The molecule has 26 heavy (non-hydrogen) atoms. The van der Waals surface area contributed by atoms with Crippen molar-refractivity contribution in [1.82, 2.24) is 25.3 Å². The Labute approximate surface area is 153 Å². The van der Waals surface area contributed by atoms with E-state index in [1.165, 1.54) is 36.6 Å². The van der Waals surface area contributed by atoms with Gasteiger partial charge in [0.2, 0.25) is 0 Å². The summed E-state index contributed by atoms with van der Waals surface area (Å²) in [6, 6.07) is 1.49. The van der Waals surface area contributed by atoms with E-state index in [9.17, 15) is 14.7 Å². The first-order valence-corrected chi connectivity index (χ1v) is 9.61. The summed E-state index contributed by atoms with van der Waals surface area (Å²) in [5.41, 5.74) is 0.539. The van der Waals surface area contributed by atoms with Gasteiger partial charge in [-0.25, -0.2) is 0 Å². The molecular formula is C18H29N5O3. The van der Waals surface area contributed by atoms with E-state index >= 15 is 0 Å². The fourth-order valence-corrected chi connectivity index (χ4v) is 3.71. The molecular weight excluding hydrogens is 334 g/mol. The number of hydrogen-bond donors (Lipinski definition) is 3. The van der Waals surface area contributed by atoms with Gasteiger partial charge in [-0.15, -0.1) is 0 Å². The molecule has 2 aliphatic rings. The van der Waals surface area contributed by atoms with Crippen LogP contribution in [-0.4, -0.2) is 70.4 Å². The predicted molar refractivity (Wildman–Crippen MR) is 97.0 cm³/mol. The monoisotopic (exact) mass is 363 g/mol. The summed E-state index contributed by atoms with van der Waals surface area (Å²) in [6.45, 7) is 6.71. The smallest absolute Gasteiger partial charge is 0.271 e. The van der Waals surface area contributed by atoms with E-state index in [4.69, 9.17) is 0 Å². The molecule has 1 saturated heterocycles. The second kappa shape index (κ2) is 8.64. The van der Waals surface area contributed by atoms with Crippen LogP contribution in [0.15, 0.2) is 6.07 Å². The Morgan fingerprint density at radius 2 is 2.19 bits per heavy atom. The fourth-order valence-electron chi connectivity index (χ4n) is 3.71. The Kier molecular flexibility index (Phi) is 6.26. The number of β-amino-alcohol motifs (C(OH)–C–C–N with tert-alkyl or cyclic N) is 1. The first-order chi connectivity index (χ1) is 12.6. The van der Waals surface area contributed by atoms with Gasteiger partial charge >= 0.3 is 0 Å². The molecule has 2 aliphatic heterocycles. The lowest BCUT2D eigenvalue weighted by molar-refractivity contribution is 0.0931. The van der Waals surface area contributed by atoms with E-state index in [1.807, 2.05) is 0 Å². The zero-order valence-electron chi connectivity index (χ0n) is 15.4. The van der Waals surface area contributed by atoms with Crippen molar-refractivity contribution in [2.45, 2.75) is 45.3 Å². The van der Waals surface area contributed by atoms with Crippen molar-refractivity contribution in [1.29, 1.82) is 0 Å². The largest absolute Gasteiger partial charge is 0.389 e. The Morgan fingerprint density at radius 1 is 1.42 bits per heavy atom. The zero-order valence-corrected chi connectivity index (χ0v) is 15.4. The summed E-state index contributed by atoms with van der Waals surface area (Å²) in [5.74, 6) is 0.0752. The molecule has 144 valence electrons. The van der Waals surface area contributed by atoms with Crippen molar-refractivity contribution in [3.63, 3.8) is 0 Å². The second-order valence-electron chi connectivity index (χ2n) is 7.29. The average molecular weight is 363 g/mol. The molecule has 0 unspecified atom stereocenters. The number of hydrogen-bond acceptors (Lipinski definition) is 5. The molecule has 1 atom stereocenters. The molecule has 0 aliphatic carbocycles. The molecule has 1 aromatic rings. The van der Waals surface area contributed by atoms with Crippen LogP contribution in [0, 0.1) is 5.92 Å². The summed E-state index contributed by atoms with van der Waals surface area (Å²) < 4.78 is 1.41. The second-order valence-corrected chi connectivity index (χ2v) is 7.29. The molecule has 8 heteroatoms. The molecule has 0 bridgehead atoms. The first-order valence-electron chi connectivity index (χ1n) is 9.61. The third-order valence-corrected chi connectivity index (χ3v) is 5.21. The van der Waals surface area contributed by atoms with Crippen molar-refractivity contribution in [3.05, 3.63) is 17.5 Å². The number of fused-ring (bicyclic) bond motifs is 1. The minimum Gasteiger partial charge on any atom is -0.389 e. The molecule has 0 radical (unpaired) electrons. The molecule has 0 spiro atoms. The van der Waals surface area contributed by atoms with Gasteiger partial charge in [0, 0.05) is 19.2 Å². The molecule has 3 heterocycles. The van der Waals surface area contributed by atoms with E-state index in [0.29, 0.717) is 18.2 Å². The number of likely N-dealkylation sites (tertiary alicyclic amines) is 1. The number of carbonyl (C=O) groups excluding carboxylic acids is 2. The number of aliphatic hydroxyl groups excluding tert-OH is 1. The minimum atomic E-state index is -0.699. The van der Waals surface area contributed by atoms with Gasteiger partial charge in [0.15, 0.2) is 5.69 Å². The van der Waals surface area contributed by atoms with Crippen LogP contribution in [0.25, 0.3) is 0 Å². The first kappa shape index (κ1) is 18.8. The van der Waals surface area contributed by atoms with Gasteiger partial charge in [-0.05, 0) is 51.2 Å². The van der Waals surface area contributed by atoms with E-state index in [2.05, 4.69) is 27.6 Å². The summed E-state index contributed by atoms with van der Waals surface area (Å²) in [4.78, 5) is 26.8. The Balaban J connectivity index is 1.47. The third kappa shape index (κ3) is 4.62. The lowest BCUT2D eigenvalue weighted by atomic mass is 9.93. The van der Waals surface area contributed by atoms with Crippen molar-refractivity contribution in [2.75, 3.05) is 32.7 Å². The van der Waals surface area contributed by atoms with E-state index in [0.717, 1.165) is 19.5 Å². The zero-order chi connectivity index (χ0) is 18.5. The number of amides is 2. The number of piperidine rings is 1. The summed E-state index contributed by atoms with van der Waals surface area (Å²) >= 11 is 0. The quantitative estimate of drug-likeness (QED) is 0.672. The number of aliphatic hydroxyl groups is 1. The molecule has 8 nitrogen and oxygen atoms in total. The number of carbonyl (C=O) groups is 2. The maximum absolute atomic E-state index is 12.3. The SMILES string of the molecule is CCCN1CCC(CCNC(=O)c2cc3n(n2)C[C@@H](O)CNC3=O)CC1. The molecule has 1 aromatic heterocycles. The van der Waals surface area contributed by atoms with Crippen molar-refractivity contribution < 1.29 is 14.7 Å². The number of rotatable bonds is 6. The van der Waals surface area contributed by atoms with Crippen molar-refractivity contribution in [2.24, 2.45) is 5.92 Å². The predicted octanol–water partition coefficient (Wildman–Crippen LogP) is 0.229. The van der Waals surface area contributed by atoms with E-state index in [-0.39, 0.29) is 30.6 Å². The fraction of sp³-hybridized carbons (Fsp3) is 0.722. The molecule has 2 amide bonds. The number of nitrogens with one attached hydrogen (secondary N) is 2. The van der Waals surface area contributed by atoms with Crippen molar-refractivity contribution >= 4 is 11.8 Å². The van der Waals surface area contributed by atoms with Gasteiger partial charge in [0.1, 0.15) is 5.69 Å². The van der Waals surface area contributed by atoms with E-state index < -0.39 is 6.10 Å². The maximum Gasteiger partial charge on any atom is 0.271 e. The molecule has 3 rings (SSSR count). The van der Waals surface area contributed by atoms with Crippen LogP contribution >= 0.6 is 0 Å². The third-order valence-electron chi connectivity index (χ3n) is 5.21. The van der Waals surface area contributed by atoms with Crippen LogP contribution in [-0.2, 0) is 6.54 Å². The molecule has 0 aromatic carbocycles. The van der Waals surface area contributed by atoms with Gasteiger partial charge in [0.25, 0.3) is 11.8 Å². The number of aromatic nitrogens is 2. The molecule has 1 fully saturated rings. The maximum atomic E-state index is 12.3. The molecule has 0 saturated carbocycles. The minimum absolute atomic E-state index is 0.195. The van der Waals surface area contributed by atoms with Gasteiger partial charge in [-0.1, -0.05) is 6.92 Å².